The zero-order valence-electron chi connectivity index (χ0n) is 18.1. The summed E-state index contributed by atoms with van der Waals surface area (Å²) in [5.74, 6) is 0. The molecule has 0 amide bonds. The molecule has 0 bridgehead atoms. The van der Waals surface area contributed by atoms with Gasteiger partial charge in [-0.3, -0.25) is 4.98 Å². The summed E-state index contributed by atoms with van der Waals surface area (Å²) in [7, 11) is 0.500. The number of pyridine rings is 1. The number of nitrogens with zero attached hydrogens (tertiary/aromatic N) is 5. The Kier molecular flexibility index (Phi) is 5.70. The van der Waals surface area contributed by atoms with Crippen molar-refractivity contribution < 1.29 is 2.97 Å². The minimum absolute atomic E-state index is 0. The van der Waals surface area contributed by atoms with Crippen molar-refractivity contribution in [3.8, 4) is 0 Å². The molecule has 5 nitrogen and oxygen atoms in total. The average Bonchev–Trinajstić information content (AvgIpc) is 3.35. The van der Waals surface area contributed by atoms with Gasteiger partial charge in [0, 0.05) is 9.17 Å². The highest BCUT2D eigenvalue weighted by molar-refractivity contribution is 7.00. The third kappa shape index (κ3) is 3.94. The van der Waals surface area contributed by atoms with Gasteiger partial charge in [-0.15, -0.1) is 0 Å². The quantitative estimate of drug-likeness (QED) is 0.343. The molecule has 127 valence electrons. The standard InChI is InChI=1S/C8H8N2S.C7H7N3S.BH2.H3P.H2/c1-5-3-4-6(2)8-7(5)9-11-10-8;1-4-3-8-5(2)7-6(4)9-11-10-7;;;/h3-4H,1-2H3;3H,1-2H3;1H2;1H3;1H/i;;1TD;;1+2D. The minimum Gasteiger partial charge on any atom is -0.259 e. The number of rotatable bonds is 0. The largest absolute Gasteiger partial charge is 0.259 e. The molecule has 0 fully saturated rings. The molecule has 1 aromatic carbocycles. The van der Waals surface area contributed by atoms with Gasteiger partial charge < -0.3 is 0 Å². The van der Waals surface area contributed by atoms with Crippen molar-refractivity contribution in [2.45, 2.75) is 27.7 Å². The second-order valence-corrected chi connectivity index (χ2v) is 6.21. The summed E-state index contributed by atoms with van der Waals surface area (Å²) in [5.41, 5.74) is 8.50. The first kappa shape index (κ1) is 16.0. The summed E-state index contributed by atoms with van der Waals surface area (Å²) in [5, 5.41) is 0. The van der Waals surface area contributed by atoms with Crippen molar-refractivity contribution in [2.24, 2.45) is 0 Å². The van der Waals surface area contributed by atoms with Gasteiger partial charge in [-0.2, -0.15) is 27.4 Å². The van der Waals surface area contributed by atoms with Crippen molar-refractivity contribution in [3.05, 3.63) is 40.7 Å². The SMILES string of the molecule is Cc1ccc(C)c2nsnc12.Cc1cnc(C)c2nsnc12.P.[2H][3H].[2H][B][3H]. The second kappa shape index (κ2) is 8.56. The normalized spacial score (nSPS) is 10.8. The van der Waals surface area contributed by atoms with Crippen LogP contribution in [0.4, 0.5) is 0 Å². The molecule has 0 aliphatic carbocycles. The smallest absolute Gasteiger partial charge is 0.126 e. The highest BCUT2D eigenvalue weighted by Crippen LogP contribution is 2.19. The van der Waals surface area contributed by atoms with E-state index in [1.54, 1.807) is 0 Å². The predicted octanol–water partition coefficient (Wildman–Crippen LogP) is 3.40. The molecule has 0 aliphatic heterocycles. The third-order valence-corrected chi connectivity index (χ3v) is 4.53. The van der Waals surface area contributed by atoms with Crippen LogP contribution in [0, 0.1) is 27.7 Å². The second-order valence-electron chi connectivity index (χ2n) is 5.15. The molecule has 3 heterocycles. The summed E-state index contributed by atoms with van der Waals surface area (Å²) in [6, 6.07) is 4.16. The van der Waals surface area contributed by atoms with E-state index in [0.717, 1.165) is 33.3 Å². The zero-order chi connectivity index (χ0) is 20.4. The Balaban J connectivity index is 0.000000413. The van der Waals surface area contributed by atoms with E-state index >= 15 is 0 Å². The lowest BCUT2D eigenvalue weighted by Crippen LogP contribution is -1.85. The monoisotopic (exact) mass is 384 g/mol. The van der Waals surface area contributed by atoms with E-state index in [0.29, 0.717) is 8.34 Å². The van der Waals surface area contributed by atoms with E-state index in [2.05, 4.69) is 48.5 Å². The molecular formula is C15H22BN5PS2. The molecule has 0 N–H and O–H groups in total. The maximum absolute atomic E-state index is 5.75. The van der Waals surface area contributed by atoms with Crippen LogP contribution in [0.2, 0.25) is 0 Å². The Labute approximate surface area is 160 Å². The fourth-order valence-electron chi connectivity index (χ4n) is 2.11. The van der Waals surface area contributed by atoms with E-state index < -0.39 is 0 Å². The van der Waals surface area contributed by atoms with Crippen molar-refractivity contribution in [1.82, 2.24) is 22.5 Å². The van der Waals surface area contributed by atoms with Crippen LogP contribution in [-0.2, 0) is 0 Å². The minimum atomic E-state index is 0. The van der Waals surface area contributed by atoms with Gasteiger partial charge in [0.2, 0.25) is 0 Å². The van der Waals surface area contributed by atoms with Crippen LogP contribution in [0.25, 0.3) is 22.1 Å². The van der Waals surface area contributed by atoms with Gasteiger partial charge in [0.1, 0.15) is 22.1 Å². The molecule has 4 rings (SSSR count). The van der Waals surface area contributed by atoms with Crippen LogP contribution < -0.4 is 0 Å². The maximum atomic E-state index is 5.75. The van der Waals surface area contributed by atoms with Gasteiger partial charge in [-0.1, -0.05) is 12.1 Å². The number of hydrogen-bond donors (Lipinski definition) is 0. The Morgan fingerprint density at radius 2 is 1.42 bits per heavy atom. The molecule has 9 heteroatoms. The molecule has 0 aliphatic rings. The fraction of sp³-hybridized carbons (Fsp3) is 0.267. The molecule has 1 unspecified atom stereocenters. The van der Waals surface area contributed by atoms with Crippen LogP contribution in [-0.4, -0.2) is 33.5 Å². The molecule has 0 spiro atoms. The number of aromatic nitrogens is 5. The topological polar surface area (TPSA) is 64.5 Å². The number of benzene rings is 1. The lowest BCUT2D eigenvalue weighted by Gasteiger charge is -1.94. The van der Waals surface area contributed by atoms with Crippen LogP contribution in [0.3, 0.4) is 0 Å². The van der Waals surface area contributed by atoms with Crippen molar-refractivity contribution in [2.75, 3.05) is 0 Å². The van der Waals surface area contributed by atoms with Gasteiger partial charge in [0.05, 0.1) is 37.5 Å². The Morgan fingerprint density at radius 1 is 1.00 bits per heavy atom. The molecule has 0 saturated heterocycles. The Bertz CT molecular complexity index is 836. The molecule has 1 radical (unpaired) electrons. The lowest BCUT2D eigenvalue weighted by atomic mass is 10.1. The number of fused-ring (bicyclic) bond motifs is 2. The highest BCUT2D eigenvalue weighted by atomic mass is 32.1. The van der Waals surface area contributed by atoms with Gasteiger partial charge in [0.25, 0.3) is 0 Å². The summed E-state index contributed by atoms with van der Waals surface area (Å²) in [6.07, 6.45) is 1.83. The first-order valence-electron chi connectivity index (χ1n) is 8.96. The van der Waals surface area contributed by atoms with E-state index in [1.165, 1.54) is 34.6 Å². The highest BCUT2D eigenvalue weighted by Gasteiger charge is 2.04. The molecule has 24 heavy (non-hydrogen) atoms. The van der Waals surface area contributed by atoms with Crippen molar-refractivity contribution >= 4 is 63.8 Å². The van der Waals surface area contributed by atoms with Crippen molar-refractivity contribution in [1.29, 1.82) is 2.67 Å². The first-order valence-corrected chi connectivity index (χ1v) is 8.27. The van der Waals surface area contributed by atoms with Gasteiger partial charge >= 0.3 is 0 Å². The van der Waals surface area contributed by atoms with Crippen molar-refractivity contribution in [3.63, 3.8) is 0 Å². The van der Waals surface area contributed by atoms with E-state index in [4.69, 9.17) is 5.64 Å². The van der Waals surface area contributed by atoms with Crippen LogP contribution in [0.1, 0.15) is 25.4 Å². The van der Waals surface area contributed by atoms with E-state index in [1.807, 2.05) is 20.0 Å². The van der Waals surface area contributed by atoms with Gasteiger partial charge in [0.15, 0.2) is 0 Å². The van der Waals surface area contributed by atoms with E-state index in [-0.39, 0.29) is 9.90 Å². The van der Waals surface area contributed by atoms with Crippen LogP contribution in [0.15, 0.2) is 18.3 Å². The Morgan fingerprint density at radius 3 is 1.88 bits per heavy atom. The Hall–Kier alpha value is -1.50. The molecule has 3 aromatic heterocycles. The van der Waals surface area contributed by atoms with Crippen LogP contribution >= 0.6 is 33.4 Å². The average molecular weight is 384 g/mol. The third-order valence-electron chi connectivity index (χ3n) is 3.48. The first-order chi connectivity index (χ1) is 13.0. The lowest BCUT2D eigenvalue weighted by molar-refractivity contribution is 1.20. The summed E-state index contributed by atoms with van der Waals surface area (Å²) < 4.78 is 38.2. The number of hydrogen-bond acceptors (Lipinski definition) is 7. The maximum Gasteiger partial charge on any atom is 0.126 e. The molecular weight excluding hydrogens is 356 g/mol. The van der Waals surface area contributed by atoms with Gasteiger partial charge in [-0.25, -0.2) is 0 Å². The summed E-state index contributed by atoms with van der Waals surface area (Å²) in [4.78, 5) is 4.18. The zero-order valence-corrected chi connectivity index (χ0v) is 17.1. The molecule has 4 aromatic rings. The molecule has 1 atom stereocenters. The van der Waals surface area contributed by atoms with Gasteiger partial charge in [-0.05, 0) is 47.1 Å². The van der Waals surface area contributed by atoms with E-state index in [9.17, 15) is 0 Å². The summed E-state index contributed by atoms with van der Waals surface area (Å²) in [6.45, 7) is 8.06. The number of aryl methyl sites for hydroxylation is 4. The molecule has 0 saturated carbocycles. The fourth-order valence-corrected chi connectivity index (χ4v) is 3.43. The predicted molar refractivity (Wildman–Crippen MR) is 113 cm³/mol. The summed E-state index contributed by atoms with van der Waals surface area (Å²) >= 11 is 2.52. The van der Waals surface area contributed by atoms with Crippen LogP contribution in [0.5, 0.6) is 0 Å².